The number of rotatable bonds is 7. The van der Waals surface area contributed by atoms with Gasteiger partial charge in [0.05, 0.1) is 34.6 Å². The Balaban J connectivity index is 1.51. The summed E-state index contributed by atoms with van der Waals surface area (Å²) in [6.07, 6.45) is 5.00. The number of amides is 2. The number of nitrogens with one attached hydrogen (secondary N) is 1. The first-order valence-corrected chi connectivity index (χ1v) is 10.5. The van der Waals surface area contributed by atoms with Gasteiger partial charge in [0.1, 0.15) is 17.3 Å². The van der Waals surface area contributed by atoms with Crippen molar-refractivity contribution in [3.05, 3.63) is 89.1 Å². The molecule has 0 spiro atoms. The zero-order valence-corrected chi connectivity index (χ0v) is 18.7. The van der Waals surface area contributed by atoms with E-state index in [-0.39, 0.29) is 22.7 Å². The van der Waals surface area contributed by atoms with Gasteiger partial charge < -0.3 is 15.8 Å². The molecule has 0 unspecified atom stereocenters. The molecule has 172 valence electrons. The minimum absolute atomic E-state index is 0.0301. The summed E-state index contributed by atoms with van der Waals surface area (Å²) in [5, 5.41) is 6.73. The lowest BCUT2D eigenvalue weighted by Gasteiger charge is -2.12. The number of halogens is 2. The van der Waals surface area contributed by atoms with Crippen molar-refractivity contribution >= 4 is 29.1 Å². The fraction of sp³-hybridized carbons (Fsp3) is 0.0833. The quantitative estimate of drug-likeness (QED) is 0.409. The lowest BCUT2D eigenvalue weighted by atomic mass is 10.1. The molecule has 0 fully saturated rings. The molecule has 2 amide bonds. The number of anilines is 1. The second-order valence-corrected chi connectivity index (χ2v) is 7.83. The summed E-state index contributed by atoms with van der Waals surface area (Å²) in [7, 11) is 1.81. The number of hydrogen-bond acceptors (Lipinski definition) is 5. The Morgan fingerprint density at radius 3 is 2.65 bits per heavy atom. The van der Waals surface area contributed by atoms with Gasteiger partial charge in [-0.15, -0.1) is 0 Å². The molecule has 0 atom stereocenters. The summed E-state index contributed by atoms with van der Waals surface area (Å²) in [4.78, 5) is 28.8. The van der Waals surface area contributed by atoms with Gasteiger partial charge in [-0.25, -0.2) is 4.39 Å². The maximum absolute atomic E-state index is 13.6. The zero-order valence-electron chi connectivity index (χ0n) is 18.0. The van der Waals surface area contributed by atoms with Crippen LogP contribution in [0.4, 0.5) is 10.1 Å². The van der Waals surface area contributed by atoms with E-state index in [2.05, 4.69) is 15.4 Å². The van der Waals surface area contributed by atoms with Gasteiger partial charge in [0.15, 0.2) is 0 Å². The van der Waals surface area contributed by atoms with Crippen LogP contribution >= 0.6 is 11.6 Å². The smallest absolute Gasteiger partial charge is 0.250 e. The lowest BCUT2D eigenvalue weighted by molar-refractivity contribution is -0.115. The van der Waals surface area contributed by atoms with Crippen LogP contribution in [-0.2, 0) is 18.3 Å². The van der Waals surface area contributed by atoms with Crippen molar-refractivity contribution in [3.63, 3.8) is 0 Å². The van der Waals surface area contributed by atoms with Crippen LogP contribution in [-0.4, -0.2) is 26.6 Å². The number of hydrogen-bond donors (Lipinski definition) is 2. The van der Waals surface area contributed by atoms with Gasteiger partial charge >= 0.3 is 0 Å². The minimum Gasteiger partial charge on any atom is -0.457 e. The monoisotopic (exact) mass is 479 g/mol. The lowest BCUT2D eigenvalue weighted by Crippen LogP contribution is -2.19. The van der Waals surface area contributed by atoms with E-state index in [0.29, 0.717) is 22.8 Å². The predicted molar refractivity (Wildman–Crippen MR) is 125 cm³/mol. The van der Waals surface area contributed by atoms with Crippen LogP contribution in [0, 0.1) is 5.82 Å². The van der Waals surface area contributed by atoms with Crippen LogP contribution in [0.3, 0.4) is 0 Å². The predicted octanol–water partition coefficient (Wildman–Crippen LogP) is 4.35. The third-order valence-electron chi connectivity index (χ3n) is 4.85. The van der Waals surface area contributed by atoms with Gasteiger partial charge in [-0.3, -0.25) is 19.3 Å². The van der Waals surface area contributed by atoms with E-state index in [1.807, 2.05) is 13.2 Å². The molecular formula is C24H19ClFN5O3. The first-order valence-electron chi connectivity index (χ1n) is 10.1. The number of pyridine rings is 1. The highest BCUT2D eigenvalue weighted by Gasteiger charge is 2.14. The molecule has 4 rings (SSSR count). The summed E-state index contributed by atoms with van der Waals surface area (Å²) in [5.41, 5.74) is 7.72. The Hall–Kier alpha value is -4.24. The normalized spacial score (nSPS) is 10.7. The Labute approximate surface area is 199 Å². The van der Waals surface area contributed by atoms with E-state index in [1.54, 1.807) is 41.3 Å². The summed E-state index contributed by atoms with van der Waals surface area (Å²) in [5.74, 6) is -0.980. The number of aryl methyl sites for hydroxylation is 1. The van der Waals surface area contributed by atoms with Crippen molar-refractivity contribution in [1.82, 2.24) is 14.8 Å². The van der Waals surface area contributed by atoms with Crippen molar-refractivity contribution in [2.24, 2.45) is 12.8 Å². The summed E-state index contributed by atoms with van der Waals surface area (Å²) < 4.78 is 21.2. The molecule has 0 aliphatic carbocycles. The van der Waals surface area contributed by atoms with Gasteiger partial charge in [-0.1, -0.05) is 17.7 Å². The molecule has 3 N–H and O–H groups in total. The molecule has 4 aromatic rings. The van der Waals surface area contributed by atoms with Gasteiger partial charge in [0, 0.05) is 31.1 Å². The Morgan fingerprint density at radius 1 is 1.15 bits per heavy atom. The molecule has 8 nitrogen and oxygen atoms in total. The van der Waals surface area contributed by atoms with Gasteiger partial charge in [0.2, 0.25) is 5.91 Å². The zero-order chi connectivity index (χ0) is 24.2. The molecule has 2 aromatic heterocycles. The highest BCUT2D eigenvalue weighted by atomic mass is 35.5. The van der Waals surface area contributed by atoms with Crippen molar-refractivity contribution in [2.75, 3.05) is 5.32 Å². The molecule has 0 saturated carbocycles. The molecule has 0 bridgehead atoms. The minimum atomic E-state index is -0.746. The first kappa shape index (κ1) is 22.9. The third kappa shape index (κ3) is 5.38. The Bertz CT molecular complexity index is 1390. The molecule has 10 heteroatoms. The van der Waals surface area contributed by atoms with Crippen LogP contribution < -0.4 is 15.8 Å². The maximum atomic E-state index is 13.6. The van der Waals surface area contributed by atoms with Crippen LogP contribution in [0.15, 0.2) is 67.1 Å². The van der Waals surface area contributed by atoms with Crippen molar-refractivity contribution in [1.29, 1.82) is 0 Å². The van der Waals surface area contributed by atoms with E-state index in [9.17, 15) is 14.0 Å². The standard InChI is InChI=1S/C24H19ClFN5O3/c1-31-13-15(12-29-31)22-11-17(6-7-28-22)34-16-3-5-21(18(10-16)24(27)33)30-23(32)9-14-2-4-19(25)20(26)8-14/h2-8,10-13H,9H2,1H3,(H2,27,33)(H,30,32). The molecule has 0 aliphatic rings. The van der Waals surface area contributed by atoms with E-state index in [4.69, 9.17) is 22.1 Å². The number of aromatic nitrogens is 3. The average Bonchev–Trinajstić information content (AvgIpc) is 3.24. The highest BCUT2D eigenvalue weighted by molar-refractivity contribution is 6.30. The molecule has 0 aliphatic heterocycles. The summed E-state index contributed by atoms with van der Waals surface area (Å²) in [6, 6.07) is 12.1. The van der Waals surface area contributed by atoms with Crippen molar-refractivity contribution in [2.45, 2.75) is 6.42 Å². The van der Waals surface area contributed by atoms with Crippen molar-refractivity contribution < 1.29 is 18.7 Å². The van der Waals surface area contributed by atoms with E-state index >= 15 is 0 Å². The Kier molecular flexibility index (Phi) is 6.55. The number of nitrogens with two attached hydrogens (primary N) is 1. The SMILES string of the molecule is Cn1cc(-c2cc(Oc3ccc(NC(=O)Cc4ccc(Cl)c(F)c4)c(C(N)=O)c3)ccn2)cn1. The number of benzene rings is 2. The molecule has 0 radical (unpaired) electrons. The van der Waals surface area contributed by atoms with Crippen molar-refractivity contribution in [3.8, 4) is 22.8 Å². The van der Waals surface area contributed by atoms with Gasteiger partial charge in [-0.2, -0.15) is 5.10 Å². The van der Waals surface area contributed by atoms with Gasteiger partial charge in [0.25, 0.3) is 5.91 Å². The van der Waals surface area contributed by atoms with Gasteiger partial charge in [-0.05, 0) is 42.0 Å². The van der Waals surface area contributed by atoms with Crippen LogP contribution in [0.1, 0.15) is 15.9 Å². The molecule has 34 heavy (non-hydrogen) atoms. The second-order valence-electron chi connectivity index (χ2n) is 7.43. The van der Waals surface area contributed by atoms with E-state index in [0.717, 1.165) is 5.56 Å². The highest BCUT2D eigenvalue weighted by Crippen LogP contribution is 2.29. The fourth-order valence-electron chi connectivity index (χ4n) is 3.25. The average molecular weight is 480 g/mol. The topological polar surface area (TPSA) is 112 Å². The number of primary amides is 1. The molecule has 2 heterocycles. The first-order chi connectivity index (χ1) is 16.3. The number of carbonyl (C=O) groups is 2. The molecule has 2 aromatic carbocycles. The summed E-state index contributed by atoms with van der Waals surface area (Å²) >= 11 is 5.67. The number of carbonyl (C=O) groups excluding carboxylic acids is 2. The number of nitrogens with zero attached hydrogens (tertiary/aromatic N) is 3. The molecular weight excluding hydrogens is 461 g/mol. The third-order valence-corrected chi connectivity index (χ3v) is 5.15. The molecule has 0 saturated heterocycles. The van der Waals surface area contributed by atoms with Crippen LogP contribution in [0.25, 0.3) is 11.3 Å². The fourth-order valence-corrected chi connectivity index (χ4v) is 3.37. The Morgan fingerprint density at radius 2 is 1.94 bits per heavy atom. The summed E-state index contributed by atoms with van der Waals surface area (Å²) in [6.45, 7) is 0. The van der Waals surface area contributed by atoms with E-state index < -0.39 is 17.6 Å². The van der Waals surface area contributed by atoms with Crippen LogP contribution in [0.2, 0.25) is 5.02 Å². The maximum Gasteiger partial charge on any atom is 0.250 e. The number of ether oxygens (including phenoxy) is 1. The second kappa shape index (κ2) is 9.72. The largest absolute Gasteiger partial charge is 0.457 e. The van der Waals surface area contributed by atoms with E-state index in [1.165, 1.54) is 24.3 Å². The van der Waals surface area contributed by atoms with Crippen LogP contribution in [0.5, 0.6) is 11.5 Å².